The average molecular weight is 594 g/mol. The number of amides is 2. The van der Waals surface area contributed by atoms with Crippen LogP contribution in [0.4, 0.5) is 10.5 Å². The van der Waals surface area contributed by atoms with Gasteiger partial charge in [0, 0.05) is 39.0 Å². The molecule has 0 aliphatic rings. The fourth-order valence-corrected chi connectivity index (χ4v) is 5.81. The van der Waals surface area contributed by atoms with Crippen LogP contribution in [0, 0.1) is 6.92 Å². The number of carbonyl (C=O) groups excluding carboxylic acids is 1. The molecule has 0 bridgehead atoms. The lowest BCUT2D eigenvalue weighted by Crippen LogP contribution is -2.34. The van der Waals surface area contributed by atoms with Crippen LogP contribution in [0.15, 0.2) is 107 Å². The van der Waals surface area contributed by atoms with Crippen molar-refractivity contribution in [2.24, 2.45) is 0 Å². The second-order valence-corrected chi connectivity index (χ2v) is 11.4. The average Bonchev–Trinajstić information content (AvgIpc) is 3.35. The molecule has 4 aromatic carbocycles. The molecule has 6 aromatic rings. The first-order valence-corrected chi connectivity index (χ1v) is 15.0. The minimum Gasteiger partial charge on any atom is -0.508 e. The number of anilines is 1. The van der Waals surface area contributed by atoms with E-state index in [0.29, 0.717) is 23.0 Å². The van der Waals surface area contributed by atoms with Crippen molar-refractivity contribution in [2.75, 3.05) is 11.6 Å². The smallest absolute Gasteiger partial charge is 0.322 e. The number of furan rings is 1. The van der Waals surface area contributed by atoms with Gasteiger partial charge in [-0.1, -0.05) is 47.5 Å². The Bertz CT molecular complexity index is 1900. The monoisotopic (exact) mass is 593 g/mol. The first-order chi connectivity index (χ1) is 20.4. The van der Waals surface area contributed by atoms with E-state index in [2.05, 4.69) is 16.4 Å². The number of halogens is 1. The van der Waals surface area contributed by atoms with Crippen molar-refractivity contribution in [1.82, 2.24) is 9.88 Å². The lowest BCUT2D eigenvalue weighted by molar-refractivity contribution is 0.202. The van der Waals surface area contributed by atoms with Crippen LogP contribution in [0.5, 0.6) is 5.75 Å². The van der Waals surface area contributed by atoms with Crippen LogP contribution in [0.2, 0.25) is 5.02 Å². The molecular weight excluding hydrogens is 566 g/mol. The highest BCUT2D eigenvalue weighted by molar-refractivity contribution is 7.98. The van der Waals surface area contributed by atoms with Crippen LogP contribution in [-0.2, 0) is 13.1 Å². The number of thioether (sulfide) groups is 1. The zero-order valence-corrected chi connectivity index (χ0v) is 24.7. The Kier molecular flexibility index (Phi) is 7.78. The first-order valence-electron chi connectivity index (χ1n) is 13.4. The predicted octanol–water partition coefficient (Wildman–Crippen LogP) is 9.27. The Morgan fingerprint density at radius 2 is 1.76 bits per heavy atom. The topological polar surface area (TPSA) is 78.6 Å². The van der Waals surface area contributed by atoms with Gasteiger partial charge in [-0.2, -0.15) is 0 Å². The van der Waals surface area contributed by atoms with Crippen LogP contribution in [0.1, 0.15) is 16.9 Å². The zero-order valence-electron chi connectivity index (χ0n) is 23.1. The summed E-state index contributed by atoms with van der Waals surface area (Å²) >= 11 is 7.78. The number of nitrogens with zero attached hydrogens (tertiary/aromatic N) is 2. The number of carbonyl (C=O) groups is 1. The summed E-state index contributed by atoms with van der Waals surface area (Å²) < 4.78 is 6.43. The van der Waals surface area contributed by atoms with Crippen LogP contribution in [0.3, 0.4) is 0 Å². The number of aromatic hydroxyl groups is 1. The van der Waals surface area contributed by atoms with Gasteiger partial charge in [0.15, 0.2) is 0 Å². The predicted molar refractivity (Wildman–Crippen MR) is 171 cm³/mol. The number of pyridine rings is 1. The molecule has 8 heteroatoms. The SMILES string of the molecule is CSc1ccc2ncccc2c1NC(=O)N(Cc1ccc(O)cc1)Cc1oc2ccc(C)cc2c1-c1ccc(Cl)cc1. The number of aryl methyl sites for hydroxylation is 1. The number of nitrogens with one attached hydrogen (secondary N) is 1. The van der Waals surface area contributed by atoms with Gasteiger partial charge in [-0.3, -0.25) is 4.98 Å². The van der Waals surface area contributed by atoms with E-state index in [-0.39, 0.29) is 18.3 Å². The largest absolute Gasteiger partial charge is 0.508 e. The molecular formula is C34H28ClN3O3S. The summed E-state index contributed by atoms with van der Waals surface area (Å²) in [4.78, 5) is 21.3. The van der Waals surface area contributed by atoms with Gasteiger partial charge in [0.2, 0.25) is 0 Å². The third-order valence-electron chi connectivity index (χ3n) is 7.18. The summed E-state index contributed by atoms with van der Waals surface area (Å²) in [6.45, 7) is 2.54. The molecule has 6 nitrogen and oxygen atoms in total. The summed E-state index contributed by atoms with van der Waals surface area (Å²) in [6, 6.07) is 28.1. The number of rotatable bonds is 7. The molecule has 0 spiro atoms. The Morgan fingerprint density at radius 3 is 2.52 bits per heavy atom. The normalized spacial score (nSPS) is 11.2. The Labute approximate surface area is 252 Å². The standard InChI is InChI=1S/C34H28ClN3O3S/c1-21-5-15-29-27(18-21)32(23-8-10-24(35)11-9-23)30(41-29)20-38(19-22-6-12-25(39)13-7-22)34(40)37-33-26-4-3-17-36-28(26)14-16-31(33)42-2/h3-18,39H,19-20H2,1-2H3,(H,37,40). The molecule has 0 fully saturated rings. The van der Waals surface area contributed by atoms with Crippen molar-refractivity contribution in [2.45, 2.75) is 24.9 Å². The third-order valence-corrected chi connectivity index (χ3v) is 8.21. The summed E-state index contributed by atoms with van der Waals surface area (Å²) in [5.41, 5.74) is 6.11. The summed E-state index contributed by atoms with van der Waals surface area (Å²) in [6.07, 6.45) is 3.72. The molecule has 42 heavy (non-hydrogen) atoms. The molecule has 2 amide bonds. The first kappa shape index (κ1) is 27.7. The van der Waals surface area contributed by atoms with Crippen molar-refractivity contribution in [3.63, 3.8) is 0 Å². The van der Waals surface area contributed by atoms with E-state index in [1.807, 2.05) is 86.0 Å². The van der Waals surface area contributed by atoms with Gasteiger partial charge >= 0.3 is 6.03 Å². The number of fused-ring (bicyclic) bond motifs is 2. The quantitative estimate of drug-likeness (QED) is 0.180. The fourth-order valence-electron chi connectivity index (χ4n) is 5.12. The second-order valence-electron chi connectivity index (χ2n) is 10.1. The maximum absolute atomic E-state index is 14.1. The summed E-state index contributed by atoms with van der Waals surface area (Å²) in [5.74, 6) is 0.830. The molecule has 0 unspecified atom stereocenters. The van der Waals surface area contributed by atoms with Crippen LogP contribution in [0.25, 0.3) is 33.0 Å². The van der Waals surface area contributed by atoms with E-state index in [1.54, 1.807) is 35.0 Å². The molecule has 0 saturated carbocycles. The molecule has 2 heterocycles. The number of hydrogen-bond acceptors (Lipinski definition) is 5. The van der Waals surface area contributed by atoms with Crippen molar-refractivity contribution in [3.05, 3.63) is 119 Å². The van der Waals surface area contributed by atoms with E-state index in [1.165, 1.54) is 0 Å². The van der Waals surface area contributed by atoms with E-state index < -0.39 is 0 Å². The second kappa shape index (κ2) is 11.8. The minimum absolute atomic E-state index is 0.167. The number of hydrogen-bond donors (Lipinski definition) is 2. The van der Waals surface area contributed by atoms with E-state index >= 15 is 0 Å². The Morgan fingerprint density at radius 1 is 0.976 bits per heavy atom. The fraction of sp³-hybridized carbons (Fsp3) is 0.118. The maximum Gasteiger partial charge on any atom is 0.322 e. The number of phenolic OH excluding ortho intramolecular Hbond substituents is 1. The molecule has 2 N–H and O–H groups in total. The Balaban J connectivity index is 1.43. The molecule has 210 valence electrons. The molecule has 2 aromatic heterocycles. The van der Waals surface area contributed by atoms with Gasteiger partial charge in [-0.25, -0.2) is 4.79 Å². The highest BCUT2D eigenvalue weighted by Crippen LogP contribution is 2.38. The molecule has 0 aliphatic heterocycles. The molecule has 0 radical (unpaired) electrons. The lowest BCUT2D eigenvalue weighted by Gasteiger charge is -2.24. The van der Waals surface area contributed by atoms with Crippen molar-refractivity contribution in [3.8, 4) is 16.9 Å². The lowest BCUT2D eigenvalue weighted by atomic mass is 10.0. The number of benzene rings is 4. The van der Waals surface area contributed by atoms with Gasteiger partial charge in [-0.05, 0) is 85.0 Å². The van der Waals surface area contributed by atoms with Crippen molar-refractivity contribution >= 4 is 57.0 Å². The highest BCUT2D eigenvalue weighted by atomic mass is 35.5. The maximum atomic E-state index is 14.1. The number of phenols is 1. The number of urea groups is 1. The van der Waals surface area contributed by atoms with Crippen LogP contribution < -0.4 is 5.32 Å². The van der Waals surface area contributed by atoms with Crippen molar-refractivity contribution < 1.29 is 14.3 Å². The minimum atomic E-state index is -0.284. The third kappa shape index (κ3) is 5.66. The number of aromatic nitrogens is 1. The van der Waals surface area contributed by atoms with Gasteiger partial charge in [-0.15, -0.1) is 11.8 Å². The molecule has 0 saturated heterocycles. The van der Waals surface area contributed by atoms with E-state index in [4.69, 9.17) is 16.0 Å². The van der Waals surface area contributed by atoms with Crippen molar-refractivity contribution in [1.29, 1.82) is 0 Å². The summed E-state index contributed by atoms with van der Waals surface area (Å²) in [5, 5.41) is 15.5. The van der Waals surface area contributed by atoms with Gasteiger partial charge in [0.05, 0.1) is 17.7 Å². The van der Waals surface area contributed by atoms with Gasteiger partial charge in [0.25, 0.3) is 0 Å². The van der Waals surface area contributed by atoms with E-state index in [9.17, 15) is 9.90 Å². The van der Waals surface area contributed by atoms with Gasteiger partial charge in [0.1, 0.15) is 17.1 Å². The molecule has 6 rings (SSSR count). The van der Waals surface area contributed by atoms with E-state index in [0.717, 1.165) is 49.0 Å². The molecule has 0 aliphatic carbocycles. The highest BCUT2D eigenvalue weighted by Gasteiger charge is 2.23. The van der Waals surface area contributed by atoms with Crippen LogP contribution in [-0.4, -0.2) is 27.3 Å². The zero-order chi connectivity index (χ0) is 29.2. The molecule has 0 atom stereocenters. The summed E-state index contributed by atoms with van der Waals surface area (Å²) in [7, 11) is 0. The van der Waals surface area contributed by atoms with Crippen LogP contribution >= 0.6 is 23.4 Å². The Hall–Kier alpha value is -4.46. The van der Waals surface area contributed by atoms with Gasteiger partial charge < -0.3 is 19.7 Å².